The number of aliphatic hydroxyl groups is 5. The zero-order chi connectivity index (χ0) is 23.2. The third-order valence-electron chi connectivity index (χ3n) is 6.10. The summed E-state index contributed by atoms with van der Waals surface area (Å²) in [6, 6.07) is 10.9. The van der Waals surface area contributed by atoms with Crippen molar-refractivity contribution < 1.29 is 39.7 Å². The number of aliphatic hydroxyl groups excluding tert-OH is 4. The Bertz CT molecular complexity index is 1150. The smallest absolute Gasteiger partial charge is 0.288 e. The Balaban J connectivity index is 1.41. The standard InChI is InChI=1S/C22H25N3O8/c26-11-17-19(27)20(28)22(30,21(29)32-17)33-16-3-1-2-14-18(16)25(24-23-14)8-6-12-4-5-15-13(10-12)7-9-31-15/h1-5,10,17,19-21,26-30H,6-9,11H2/t17-,19-,20+,21?,22+/m1/s1. The highest BCUT2D eigenvalue weighted by Gasteiger charge is 2.57. The van der Waals surface area contributed by atoms with E-state index in [2.05, 4.69) is 16.4 Å². The number of ether oxygens (including phenoxy) is 3. The summed E-state index contributed by atoms with van der Waals surface area (Å²) in [7, 11) is 0. The molecule has 0 saturated carbocycles. The van der Waals surface area contributed by atoms with E-state index < -0.39 is 37.0 Å². The maximum absolute atomic E-state index is 10.9. The molecule has 11 heteroatoms. The van der Waals surface area contributed by atoms with Crippen molar-refractivity contribution >= 4 is 11.0 Å². The van der Waals surface area contributed by atoms with Gasteiger partial charge in [-0.15, -0.1) is 5.10 Å². The van der Waals surface area contributed by atoms with Crippen LogP contribution in [-0.2, 0) is 24.1 Å². The first kappa shape index (κ1) is 22.0. The molecule has 0 bridgehead atoms. The fraction of sp³-hybridized carbons (Fsp3) is 0.455. The molecule has 1 saturated heterocycles. The van der Waals surface area contributed by atoms with Crippen LogP contribution in [0.2, 0.25) is 0 Å². The van der Waals surface area contributed by atoms with Crippen LogP contribution < -0.4 is 9.47 Å². The summed E-state index contributed by atoms with van der Waals surface area (Å²) < 4.78 is 17.8. The minimum absolute atomic E-state index is 0.0821. The Morgan fingerprint density at radius 1 is 1.18 bits per heavy atom. The SMILES string of the molecule is OC[C@H]1OC(O)[C@@](O)(Oc2cccc3nnn(CCc4ccc5c(c4)CCO5)c23)[C@@H](O)[C@@H]1O. The van der Waals surface area contributed by atoms with Crippen LogP contribution in [0.25, 0.3) is 11.0 Å². The molecule has 1 aromatic heterocycles. The van der Waals surface area contributed by atoms with Crippen LogP contribution in [-0.4, -0.2) is 84.1 Å². The fourth-order valence-electron chi connectivity index (χ4n) is 4.24. The molecule has 1 fully saturated rings. The molecule has 1 unspecified atom stereocenters. The van der Waals surface area contributed by atoms with E-state index >= 15 is 0 Å². The highest BCUT2D eigenvalue weighted by atomic mass is 16.7. The number of nitrogens with zero attached hydrogens (tertiary/aromatic N) is 3. The van der Waals surface area contributed by atoms with Gasteiger partial charge >= 0.3 is 0 Å². The number of aryl methyl sites for hydroxylation is 2. The normalized spacial score (nSPS) is 29.1. The summed E-state index contributed by atoms with van der Waals surface area (Å²) in [4.78, 5) is 0. The molecule has 3 heterocycles. The topological polar surface area (TPSA) is 160 Å². The fourth-order valence-corrected chi connectivity index (χ4v) is 4.24. The van der Waals surface area contributed by atoms with Crippen molar-refractivity contribution in [3.63, 3.8) is 0 Å². The van der Waals surface area contributed by atoms with Gasteiger partial charge in [0.25, 0.3) is 5.79 Å². The third-order valence-corrected chi connectivity index (χ3v) is 6.10. The molecule has 5 rings (SSSR count). The molecule has 5 atom stereocenters. The van der Waals surface area contributed by atoms with Crippen molar-refractivity contribution in [3.05, 3.63) is 47.5 Å². The number of hydrogen-bond acceptors (Lipinski definition) is 10. The van der Waals surface area contributed by atoms with Gasteiger partial charge in [0.05, 0.1) is 13.2 Å². The number of fused-ring (bicyclic) bond motifs is 2. The Labute approximate surface area is 188 Å². The van der Waals surface area contributed by atoms with E-state index in [0.717, 1.165) is 17.7 Å². The summed E-state index contributed by atoms with van der Waals surface area (Å²) in [6.07, 6.45) is -5.42. The Kier molecular flexibility index (Phi) is 5.69. The maximum Gasteiger partial charge on any atom is 0.288 e. The largest absolute Gasteiger partial charge is 0.493 e. The lowest BCUT2D eigenvalue weighted by molar-refractivity contribution is -0.385. The lowest BCUT2D eigenvalue weighted by Gasteiger charge is -2.45. The van der Waals surface area contributed by atoms with Gasteiger partial charge in [-0.05, 0) is 35.7 Å². The molecule has 2 aromatic carbocycles. The summed E-state index contributed by atoms with van der Waals surface area (Å²) >= 11 is 0. The summed E-state index contributed by atoms with van der Waals surface area (Å²) in [6.45, 7) is 0.476. The quantitative estimate of drug-likeness (QED) is 0.293. The average molecular weight is 459 g/mol. The van der Waals surface area contributed by atoms with Crippen molar-refractivity contribution in [2.24, 2.45) is 0 Å². The van der Waals surface area contributed by atoms with Crippen molar-refractivity contribution in [3.8, 4) is 11.5 Å². The van der Waals surface area contributed by atoms with Crippen LogP contribution >= 0.6 is 0 Å². The van der Waals surface area contributed by atoms with Gasteiger partial charge in [0, 0.05) is 13.0 Å². The molecular formula is C22H25N3O8. The summed E-state index contributed by atoms with van der Waals surface area (Å²) in [5.74, 6) is -1.70. The summed E-state index contributed by atoms with van der Waals surface area (Å²) in [5, 5.41) is 59.3. The number of para-hydroxylation sites is 1. The average Bonchev–Trinajstić information content (AvgIpc) is 3.46. The van der Waals surface area contributed by atoms with Gasteiger partial charge in [0.1, 0.15) is 29.0 Å². The number of benzene rings is 2. The van der Waals surface area contributed by atoms with E-state index in [-0.39, 0.29) is 5.75 Å². The molecule has 0 amide bonds. The lowest BCUT2D eigenvalue weighted by atomic mass is 9.96. The first-order chi connectivity index (χ1) is 15.9. The van der Waals surface area contributed by atoms with Crippen LogP contribution in [0, 0.1) is 0 Å². The van der Waals surface area contributed by atoms with Crippen molar-refractivity contribution in [2.75, 3.05) is 13.2 Å². The minimum atomic E-state index is -2.69. The van der Waals surface area contributed by atoms with Gasteiger partial charge in [-0.25, -0.2) is 4.68 Å². The van der Waals surface area contributed by atoms with Crippen molar-refractivity contribution in [1.29, 1.82) is 0 Å². The van der Waals surface area contributed by atoms with Crippen LogP contribution in [0.15, 0.2) is 36.4 Å². The number of rotatable bonds is 6. The van der Waals surface area contributed by atoms with Crippen LogP contribution in [0.1, 0.15) is 11.1 Å². The molecule has 0 radical (unpaired) electrons. The van der Waals surface area contributed by atoms with E-state index in [0.29, 0.717) is 30.6 Å². The Morgan fingerprint density at radius 2 is 2.03 bits per heavy atom. The van der Waals surface area contributed by atoms with Gasteiger partial charge in [-0.3, -0.25) is 0 Å². The van der Waals surface area contributed by atoms with Crippen molar-refractivity contribution in [2.45, 2.75) is 49.8 Å². The zero-order valence-electron chi connectivity index (χ0n) is 17.6. The highest BCUT2D eigenvalue weighted by molar-refractivity contribution is 5.81. The predicted octanol–water partition coefficient (Wildman–Crippen LogP) is -0.892. The number of hydrogen-bond donors (Lipinski definition) is 5. The van der Waals surface area contributed by atoms with Gasteiger partial charge in [0.15, 0.2) is 11.9 Å². The second kappa shape index (κ2) is 8.52. The highest BCUT2D eigenvalue weighted by Crippen LogP contribution is 2.34. The van der Waals surface area contributed by atoms with E-state index in [9.17, 15) is 25.5 Å². The molecule has 0 aliphatic carbocycles. The molecule has 0 spiro atoms. The monoisotopic (exact) mass is 459 g/mol. The van der Waals surface area contributed by atoms with Crippen LogP contribution in [0.5, 0.6) is 11.5 Å². The molecule has 2 aliphatic heterocycles. The van der Waals surface area contributed by atoms with E-state index in [1.165, 1.54) is 11.6 Å². The molecule has 2 aliphatic rings. The molecule has 33 heavy (non-hydrogen) atoms. The van der Waals surface area contributed by atoms with E-state index in [1.54, 1.807) is 16.8 Å². The van der Waals surface area contributed by atoms with E-state index in [1.807, 2.05) is 12.1 Å². The van der Waals surface area contributed by atoms with Gasteiger partial charge in [-0.2, -0.15) is 0 Å². The number of aromatic nitrogens is 3. The maximum atomic E-state index is 10.9. The molecule has 11 nitrogen and oxygen atoms in total. The van der Waals surface area contributed by atoms with Crippen LogP contribution in [0.4, 0.5) is 0 Å². The molecule has 176 valence electrons. The zero-order valence-corrected chi connectivity index (χ0v) is 17.6. The van der Waals surface area contributed by atoms with Crippen LogP contribution in [0.3, 0.4) is 0 Å². The third kappa shape index (κ3) is 3.82. The van der Waals surface area contributed by atoms with Gasteiger partial charge in [-0.1, -0.05) is 23.4 Å². The summed E-state index contributed by atoms with van der Waals surface area (Å²) in [5.41, 5.74) is 3.19. The molecule has 3 aromatic rings. The second-order valence-corrected chi connectivity index (χ2v) is 8.23. The van der Waals surface area contributed by atoms with Gasteiger partial charge in [0.2, 0.25) is 6.29 Å². The molecular weight excluding hydrogens is 434 g/mol. The molecule has 5 N–H and O–H groups in total. The second-order valence-electron chi connectivity index (χ2n) is 8.23. The van der Waals surface area contributed by atoms with Crippen molar-refractivity contribution in [1.82, 2.24) is 15.0 Å². The first-order valence-electron chi connectivity index (χ1n) is 10.7. The Morgan fingerprint density at radius 3 is 2.85 bits per heavy atom. The lowest BCUT2D eigenvalue weighted by Crippen LogP contribution is -2.69. The first-order valence-corrected chi connectivity index (χ1v) is 10.7. The Hall–Kier alpha value is -2.80. The predicted molar refractivity (Wildman–Crippen MR) is 112 cm³/mol. The minimum Gasteiger partial charge on any atom is -0.493 e. The van der Waals surface area contributed by atoms with E-state index in [4.69, 9.17) is 14.2 Å². The van der Waals surface area contributed by atoms with Gasteiger partial charge < -0.3 is 39.7 Å².